The van der Waals surface area contributed by atoms with Crippen LogP contribution in [0.15, 0.2) is 15.7 Å². The highest BCUT2D eigenvalue weighted by Gasteiger charge is 2.32. The molecular formula is C16H25N3O3S2. The maximum atomic E-state index is 12.8. The monoisotopic (exact) mass is 371 g/mol. The fraction of sp³-hybridized carbons (Fsp3) is 0.688. The van der Waals surface area contributed by atoms with E-state index in [1.165, 1.54) is 11.3 Å². The maximum absolute atomic E-state index is 12.8. The van der Waals surface area contributed by atoms with Crippen molar-refractivity contribution in [2.45, 2.75) is 42.9 Å². The molecule has 2 aliphatic heterocycles. The highest BCUT2D eigenvalue weighted by molar-refractivity contribution is 7.91. The van der Waals surface area contributed by atoms with Gasteiger partial charge in [-0.3, -0.25) is 4.79 Å². The molecular weight excluding hydrogens is 346 g/mol. The van der Waals surface area contributed by atoms with Crippen molar-refractivity contribution in [3.8, 4) is 0 Å². The van der Waals surface area contributed by atoms with E-state index in [2.05, 4.69) is 10.6 Å². The van der Waals surface area contributed by atoms with E-state index in [0.717, 1.165) is 37.8 Å². The molecule has 2 aliphatic rings. The van der Waals surface area contributed by atoms with Crippen LogP contribution in [-0.2, 0) is 14.8 Å². The third-order valence-electron chi connectivity index (χ3n) is 4.81. The van der Waals surface area contributed by atoms with E-state index in [1.54, 1.807) is 4.31 Å². The molecule has 0 saturated carbocycles. The lowest BCUT2D eigenvalue weighted by Crippen LogP contribution is -2.46. The molecule has 2 N–H and O–H groups in total. The molecule has 0 aliphatic carbocycles. The molecule has 2 unspecified atom stereocenters. The molecule has 1 aromatic rings. The summed E-state index contributed by atoms with van der Waals surface area (Å²) in [5.41, 5.74) is 0.808. The average molecular weight is 372 g/mol. The maximum Gasteiger partial charge on any atom is 0.252 e. The molecule has 6 nitrogen and oxygen atoms in total. The lowest BCUT2D eigenvalue weighted by molar-refractivity contribution is -0.123. The molecule has 0 bridgehead atoms. The van der Waals surface area contributed by atoms with Crippen molar-refractivity contribution in [1.29, 1.82) is 0 Å². The first kappa shape index (κ1) is 17.8. The van der Waals surface area contributed by atoms with Gasteiger partial charge in [0.15, 0.2) is 0 Å². The van der Waals surface area contributed by atoms with E-state index in [9.17, 15) is 13.2 Å². The first-order valence-corrected chi connectivity index (χ1v) is 10.9. The molecule has 8 heteroatoms. The number of hydrogen-bond donors (Lipinski definition) is 2. The van der Waals surface area contributed by atoms with E-state index in [4.69, 9.17) is 0 Å². The third kappa shape index (κ3) is 3.82. The Labute approximate surface area is 147 Å². The van der Waals surface area contributed by atoms with Gasteiger partial charge in [-0.2, -0.15) is 4.31 Å². The van der Waals surface area contributed by atoms with Crippen LogP contribution >= 0.6 is 11.3 Å². The number of rotatable bonds is 5. The van der Waals surface area contributed by atoms with Crippen molar-refractivity contribution < 1.29 is 13.2 Å². The van der Waals surface area contributed by atoms with Crippen LogP contribution in [0.5, 0.6) is 0 Å². The number of nitrogens with one attached hydrogen (secondary N) is 2. The molecule has 1 amide bonds. The standard InChI is InChI=1S/C16H25N3O3S2/c1-12-6-9-23-16(12)24(21,22)19-8-3-4-13(11-19)10-18-15(20)14-5-2-7-17-14/h6,9,13-14,17H,2-5,7-8,10-11H2,1H3,(H,18,20). The van der Waals surface area contributed by atoms with Crippen molar-refractivity contribution in [2.75, 3.05) is 26.2 Å². The number of hydrogen-bond acceptors (Lipinski definition) is 5. The number of amides is 1. The molecule has 0 spiro atoms. The molecule has 1 aromatic heterocycles. The Morgan fingerprint density at radius 3 is 2.92 bits per heavy atom. The van der Waals surface area contributed by atoms with E-state index >= 15 is 0 Å². The van der Waals surface area contributed by atoms with Crippen LogP contribution in [0, 0.1) is 12.8 Å². The van der Waals surface area contributed by atoms with Crippen LogP contribution < -0.4 is 10.6 Å². The molecule has 3 heterocycles. The smallest absolute Gasteiger partial charge is 0.252 e. The molecule has 0 aromatic carbocycles. The average Bonchev–Trinajstić information content (AvgIpc) is 3.24. The fourth-order valence-corrected chi connectivity index (χ4v) is 6.53. The van der Waals surface area contributed by atoms with Gasteiger partial charge in [-0.25, -0.2) is 8.42 Å². The summed E-state index contributed by atoms with van der Waals surface area (Å²) in [6.07, 6.45) is 3.71. The van der Waals surface area contributed by atoms with E-state index in [0.29, 0.717) is 23.8 Å². The van der Waals surface area contributed by atoms with E-state index in [1.807, 2.05) is 18.4 Å². The normalized spacial score (nSPS) is 25.7. The molecule has 3 rings (SSSR count). The van der Waals surface area contributed by atoms with Gasteiger partial charge in [-0.05, 0) is 62.1 Å². The highest BCUT2D eigenvalue weighted by atomic mass is 32.2. The molecule has 2 saturated heterocycles. The Morgan fingerprint density at radius 2 is 2.25 bits per heavy atom. The lowest BCUT2D eigenvalue weighted by Gasteiger charge is -2.32. The predicted molar refractivity (Wildman–Crippen MR) is 94.6 cm³/mol. The number of carbonyl (C=O) groups is 1. The second-order valence-electron chi connectivity index (χ2n) is 6.66. The zero-order chi connectivity index (χ0) is 17.2. The number of nitrogens with zero attached hydrogens (tertiary/aromatic N) is 1. The topological polar surface area (TPSA) is 78.5 Å². The largest absolute Gasteiger partial charge is 0.354 e. The van der Waals surface area contributed by atoms with Gasteiger partial charge in [0.2, 0.25) is 5.91 Å². The number of piperidine rings is 1. The van der Waals surface area contributed by atoms with Gasteiger partial charge < -0.3 is 10.6 Å². The molecule has 0 radical (unpaired) electrons. The second-order valence-corrected chi connectivity index (χ2v) is 9.71. The van der Waals surface area contributed by atoms with Crippen molar-refractivity contribution >= 4 is 27.3 Å². The summed E-state index contributed by atoms with van der Waals surface area (Å²) >= 11 is 1.28. The first-order chi connectivity index (χ1) is 11.5. The number of sulfonamides is 1. The Kier molecular flexibility index (Phi) is 5.59. The Morgan fingerprint density at radius 1 is 1.42 bits per heavy atom. The zero-order valence-electron chi connectivity index (χ0n) is 14.0. The van der Waals surface area contributed by atoms with Gasteiger partial charge in [0.25, 0.3) is 10.0 Å². The van der Waals surface area contributed by atoms with Crippen LogP contribution in [0.25, 0.3) is 0 Å². The fourth-order valence-electron chi connectivity index (χ4n) is 3.43. The summed E-state index contributed by atoms with van der Waals surface area (Å²) in [5.74, 6) is 0.223. The van der Waals surface area contributed by atoms with Crippen molar-refractivity contribution in [2.24, 2.45) is 5.92 Å². The minimum absolute atomic E-state index is 0.0431. The van der Waals surface area contributed by atoms with Crippen LogP contribution in [0.3, 0.4) is 0 Å². The van der Waals surface area contributed by atoms with Gasteiger partial charge >= 0.3 is 0 Å². The molecule has 2 atom stereocenters. The minimum atomic E-state index is -3.41. The highest BCUT2D eigenvalue weighted by Crippen LogP contribution is 2.28. The summed E-state index contributed by atoms with van der Waals surface area (Å²) in [4.78, 5) is 12.1. The van der Waals surface area contributed by atoms with Crippen molar-refractivity contribution in [3.63, 3.8) is 0 Å². The second kappa shape index (κ2) is 7.51. The molecule has 134 valence electrons. The zero-order valence-corrected chi connectivity index (χ0v) is 15.6. The Bertz CT molecular complexity index is 680. The van der Waals surface area contributed by atoms with E-state index in [-0.39, 0.29) is 17.9 Å². The lowest BCUT2D eigenvalue weighted by atomic mass is 9.99. The van der Waals surface area contributed by atoms with Crippen LogP contribution in [0.2, 0.25) is 0 Å². The van der Waals surface area contributed by atoms with Gasteiger partial charge in [-0.15, -0.1) is 11.3 Å². The SMILES string of the molecule is Cc1ccsc1S(=O)(=O)N1CCCC(CNC(=O)C2CCCN2)C1. The Balaban J connectivity index is 1.58. The number of aryl methyl sites for hydroxylation is 1. The summed E-state index contributed by atoms with van der Waals surface area (Å²) < 4.78 is 27.6. The summed E-state index contributed by atoms with van der Waals surface area (Å²) in [5, 5.41) is 7.99. The summed E-state index contributed by atoms with van der Waals surface area (Å²) in [7, 11) is -3.41. The number of carbonyl (C=O) groups excluding carboxylic acids is 1. The van der Waals surface area contributed by atoms with Gasteiger partial charge in [0, 0.05) is 19.6 Å². The van der Waals surface area contributed by atoms with Gasteiger partial charge in [-0.1, -0.05) is 0 Å². The van der Waals surface area contributed by atoms with Crippen LogP contribution in [-0.4, -0.2) is 50.9 Å². The van der Waals surface area contributed by atoms with Crippen LogP contribution in [0.4, 0.5) is 0 Å². The molecule has 24 heavy (non-hydrogen) atoms. The Hall–Kier alpha value is -0.960. The minimum Gasteiger partial charge on any atom is -0.354 e. The van der Waals surface area contributed by atoms with Gasteiger partial charge in [0.1, 0.15) is 4.21 Å². The quantitative estimate of drug-likeness (QED) is 0.818. The van der Waals surface area contributed by atoms with Gasteiger partial charge in [0.05, 0.1) is 6.04 Å². The first-order valence-electron chi connectivity index (χ1n) is 8.54. The third-order valence-corrected chi connectivity index (χ3v) is 8.34. The van der Waals surface area contributed by atoms with Crippen molar-refractivity contribution in [3.05, 3.63) is 17.0 Å². The summed E-state index contributed by atoms with van der Waals surface area (Å²) in [6, 6.07) is 1.76. The van der Waals surface area contributed by atoms with Crippen molar-refractivity contribution in [1.82, 2.24) is 14.9 Å². The van der Waals surface area contributed by atoms with E-state index < -0.39 is 10.0 Å². The predicted octanol–water partition coefficient (Wildman–Crippen LogP) is 1.33. The number of thiophene rings is 1. The molecule has 2 fully saturated rings. The van der Waals surface area contributed by atoms with Crippen LogP contribution in [0.1, 0.15) is 31.2 Å². The summed E-state index contributed by atoms with van der Waals surface area (Å²) in [6.45, 7) is 4.33.